The molecule has 0 aliphatic heterocycles. The first kappa shape index (κ1) is 26.2. The van der Waals surface area contributed by atoms with Crippen LogP contribution in [0.5, 0.6) is 0 Å². The summed E-state index contributed by atoms with van der Waals surface area (Å²) < 4.78 is 15.4. The lowest BCUT2D eigenvalue weighted by Gasteiger charge is -2.28. The van der Waals surface area contributed by atoms with Crippen molar-refractivity contribution in [2.45, 2.75) is 53.2 Å². The molecule has 1 aromatic heterocycles. The number of carbonyl (C=O) groups is 2. The molecule has 2 amide bonds. The maximum absolute atomic E-state index is 13.5. The molecular weight excluding hydrogens is 441 g/mol. The van der Waals surface area contributed by atoms with Crippen molar-refractivity contribution in [3.8, 4) is 0 Å². The molecule has 0 unspecified atom stereocenters. The lowest BCUT2D eigenvalue weighted by Crippen LogP contribution is -2.43. The molecule has 0 saturated heterocycles. The third-order valence-corrected chi connectivity index (χ3v) is 5.87. The molecule has 5 nitrogen and oxygen atoms in total. The summed E-state index contributed by atoms with van der Waals surface area (Å²) in [5, 5.41) is 0. The van der Waals surface area contributed by atoms with E-state index in [0.717, 1.165) is 23.2 Å². The molecule has 0 N–H and O–H groups in total. The second kappa shape index (κ2) is 12.9. The Labute approximate surface area is 208 Å². The summed E-state index contributed by atoms with van der Waals surface area (Å²) in [4.78, 5) is 29.8. The van der Waals surface area contributed by atoms with E-state index in [2.05, 4.69) is 4.57 Å². The zero-order valence-electron chi connectivity index (χ0n) is 21.0. The molecule has 0 bridgehead atoms. The molecule has 3 aromatic rings. The van der Waals surface area contributed by atoms with Gasteiger partial charge in [-0.05, 0) is 47.7 Å². The summed E-state index contributed by atoms with van der Waals surface area (Å²) in [5.74, 6) is -0.0691. The van der Waals surface area contributed by atoms with E-state index in [1.54, 1.807) is 17.0 Å². The van der Waals surface area contributed by atoms with Gasteiger partial charge in [-0.15, -0.1) is 0 Å². The lowest BCUT2D eigenvalue weighted by atomic mass is 10.1. The van der Waals surface area contributed by atoms with Crippen LogP contribution in [0.2, 0.25) is 0 Å². The van der Waals surface area contributed by atoms with Crippen LogP contribution in [-0.2, 0) is 29.2 Å². The van der Waals surface area contributed by atoms with E-state index in [4.69, 9.17) is 0 Å². The fourth-order valence-corrected chi connectivity index (χ4v) is 4.07. The molecule has 0 radical (unpaired) electrons. The van der Waals surface area contributed by atoms with Crippen molar-refractivity contribution in [2.75, 3.05) is 13.1 Å². The van der Waals surface area contributed by atoms with Gasteiger partial charge in [-0.1, -0.05) is 63.2 Å². The molecule has 0 spiro atoms. The van der Waals surface area contributed by atoms with Crippen LogP contribution in [0.3, 0.4) is 0 Å². The molecule has 0 aliphatic rings. The van der Waals surface area contributed by atoms with Crippen molar-refractivity contribution < 1.29 is 14.0 Å². The monoisotopic (exact) mass is 477 g/mol. The fraction of sp³-hybridized carbons (Fsp3) is 0.379. The Morgan fingerprint density at radius 1 is 0.857 bits per heavy atom. The van der Waals surface area contributed by atoms with Crippen molar-refractivity contribution >= 4 is 11.8 Å². The highest BCUT2D eigenvalue weighted by molar-refractivity contribution is 5.85. The van der Waals surface area contributed by atoms with Gasteiger partial charge in [0.15, 0.2) is 0 Å². The van der Waals surface area contributed by atoms with Gasteiger partial charge in [0.05, 0.1) is 13.1 Å². The standard InChI is InChI=1S/C29H36FN3O2/c1-4-16-32(28(34)18-23(2)3)22-29(35)33(20-24-9-6-5-7-10-24)21-27-11-8-17-31(27)19-25-12-14-26(30)15-13-25/h5-15,17,23H,4,16,18-22H2,1-3H3. The van der Waals surface area contributed by atoms with Crippen LogP contribution < -0.4 is 0 Å². The minimum atomic E-state index is -0.259. The van der Waals surface area contributed by atoms with E-state index < -0.39 is 0 Å². The van der Waals surface area contributed by atoms with Crippen LogP contribution in [0.1, 0.15) is 50.4 Å². The van der Waals surface area contributed by atoms with Gasteiger partial charge in [0.2, 0.25) is 11.8 Å². The summed E-state index contributed by atoms with van der Waals surface area (Å²) >= 11 is 0. The number of hydrogen-bond acceptors (Lipinski definition) is 2. The molecule has 1 heterocycles. The van der Waals surface area contributed by atoms with Gasteiger partial charge < -0.3 is 14.4 Å². The first-order chi connectivity index (χ1) is 16.9. The van der Waals surface area contributed by atoms with Gasteiger partial charge in [-0.3, -0.25) is 9.59 Å². The van der Waals surface area contributed by atoms with Crippen molar-refractivity contribution in [3.63, 3.8) is 0 Å². The number of amides is 2. The minimum Gasteiger partial charge on any atom is -0.345 e. The number of nitrogens with zero attached hydrogens (tertiary/aromatic N) is 3. The Bertz CT molecular complexity index is 1080. The first-order valence-electron chi connectivity index (χ1n) is 12.3. The van der Waals surface area contributed by atoms with Gasteiger partial charge in [-0.25, -0.2) is 4.39 Å². The second-order valence-electron chi connectivity index (χ2n) is 9.40. The number of carbonyl (C=O) groups excluding carboxylic acids is 2. The molecule has 0 aliphatic carbocycles. The smallest absolute Gasteiger partial charge is 0.242 e. The Morgan fingerprint density at radius 3 is 2.23 bits per heavy atom. The minimum absolute atomic E-state index is 0.0227. The van der Waals surface area contributed by atoms with Crippen molar-refractivity contribution in [1.82, 2.24) is 14.4 Å². The Balaban J connectivity index is 1.80. The fourth-order valence-electron chi connectivity index (χ4n) is 4.07. The molecule has 186 valence electrons. The third kappa shape index (κ3) is 8.09. The summed E-state index contributed by atoms with van der Waals surface area (Å²) in [7, 11) is 0. The van der Waals surface area contributed by atoms with Gasteiger partial charge >= 0.3 is 0 Å². The average molecular weight is 478 g/mol. The van der Waals surface area contributed by atoms with E-state index in [1.807, 2.05) is 74.3 Å². The van der Waals surface area contributed by atoms with Crippen molar-refractivity contribution in [3.05, 3.63) is 95.6 Å². The summed E-state index contributed by atoms with van der Waals surface area (Å²) in [6.45, 7) is 8.15. The van der Waals surface area contributed by atoms with E-state index in [-0.39, 0.29) is 30.1 Å². The average Bonchev–Trinajstić information content (AvgIpc) is 3.26. The van der Waals surface area contributed by atoms with Crippen LogP contribution in [0.25, 0.3) is 0 Å². The number of halogens is 1. The van der Waals surface area contributed by atoms with E-state index >= 15 is 0 Å². The normalized spacial score (nSPS) is 11.0. The van der Waals surface area contributed by atoms with E-state index in [9.17, 15) is 14.0 Å². The van der Waals surface area contributed by atoms with Gasteiger partial charge in [0.25, 0.3) is 0 Å². The quantitative estimate of drug-likeness (QED) is 0.346. The summed E-state index contributed by atoms with van der Waals surface area (Å²) in [6, 6.07) is 20.3. The Kier molecular flexibility index (Phi) is 9.65. The molecule has 2 aromatic carbocycles. The Morgan fingerprint density at radius 2 is 1.57 bits per heavy atom. The van der Waals surface area contributed by atoms with Crippen LogP contribution in [0.15, 0.2) is 72.9 Å². The predicted octanol–water partition coefficient (Wildman–Crippen LogP) is 5.49. The van der Waals surface area contributed by atoms with Crippen LogP contribution in [0, 0.1) is 11.7 Å². The molecular formula is C29H36FN3O2. The maximum Gasteiger partial charge on any atom is 0.242 e. The number of benzene rings is 2. The van der Waals surface area contributed by atoms with E-state index in [1.165, 1.54) is 12.1 Å². The molecule has 6 heteroatoms. The number of aromatic nitrogens is 1. The maximum atomic E-state index is 13.5. The SMILES string of the molecule is CCCN(CC(=O)N(Cc1ccccc1)Cc1cccn1Cc1ccc(F)cc1)C(=O)CC(C)C. The zero-order valence-corrected chi connectivity index (χ0v) is 21.0. The van der Waals surface area contributed by atoms with E-state index in [0.29, 0.717) is 32.6 Å². The molecule has 3 rings (SSSR count). The van der Waals surface area contributed by atoms with Gasteiger partial charge in [0.1, 0.15) is 5.82 Å². The highest BCUT2D eigenvalue weighted by Crippen LogP contribution is 2.15. The van der Waals surface area contributed by atoms with Crippen LogP contribution in [-0.4, -0.2) is 39.3 Å². The molecule has 0 atom stereocenters. The summed E-state index contributed by atoms with van der Waals surface area (Å²) in [5.41, 5.74) is 3.00. The molecule has 0 saturated carbocycles. The molecule has 35 heavy (non-hydrogen) atoms. The number of hydrogen-bond donors (Lipinski definition) is 0. The number of rotatable bonds is 12. The first-order valence-corrected chi connectivity index (χ1v) is 12.3. The van der Waals surface area contributed by atoms with Gasteiger partial charge in [0, 0.05) is 37.9 Å². The second-order valence-corrected chi connectivity index (χ2v) is 9.40. The van der Waals surface area contributed by atoms with Crippen LogP contribution in [0.4, 0.5) is 4.39 Å². The topological polar surface area (TPSA) is 45.6 Å². The van der Waals surface area contributed by atoms with Crippen LogP contribution >= 0.6 is 0 Å². The molecule has 0 fully saturated rings. The van der Waals surface area contributed by atoms with Gasteiger partial charge in [-0.2, -0.15) is 0 Å². The highest BCUT2D eigenvalue weighted by atomic mass is 19.1. The Hall–Kier alpha value is -3.41. The zero-order chi connectivity index (χ0) is 25.2. The largest absolute Gasteiger partial charge is 0.345 e. The third-order valence-electron chi connectivity index (χ3n) is 5.87. The van der Waals surface area contributed by atoms with Crippen molar-refractivity contribution in [2.24, 2.45) is 5.92 Å². The summed E-state index contributed by atoms with van der Waals surface area (Å²) in [6.07, 6.45) is 3.21. The predicted molar refractivity (Wildman–Crippen MR) is 137 cm³/mol. The lowest BCUT2D eigenvalue weighted by molar-refractivity contribution is -0.141. The van der Waals surface area contributed by atoms with Crippen molar-refractivity contribution in [1.29, 1.82) is 0 Å². The highest BCUT2D eigenvalue weighted by Gasteiger charge is 2.22.